The minimum atomic E-state index is -1.24. The molecule has 4 N–H and O–H groups in total. The molecule has 1 aromatic heterocycles. The Morgan fingerprint density at radius 1 is 1.05 bits per heavy atom. The largest absolute Gasteiger partial charge is 0.480 e. The van der Waals surface area contributed by atoms with Gasteiger partial charge in [0.2, 0.25) is 11.8 Å². The van der Waals surface area contributed by atoms with Crippen molar-refractivity contribution in [1.82, 2.24) is 20.1 Å². The van der Waals surface area contributed by atoms with E-state index in [1.807, 2.05) is 44.2 Å². The molecule has 4 amide bonds. The third-order valence-electron chi connectivity index (χ3n) is 6.53. The summed E-state index contributed by atoms with van der Waals surface area (Å²) in [5, 5.41) is 12.8. The average molecular weight is 524 g/mol. The zero-order valence-corrected chi connectivity index (χ0v) is 21.7. The van der Waals surface area contributed by atoms with Crippen molar-refractivity contribution in [2.24, 2.45) is 11.7 Å². The maximum atomic E-state index is 13.5. The lowest BCUT2D eigenvalue weighted by Gasteiger charge is -2.32. The molecule has 1 aromatic carbocycles. The Labute approximate surface area is 221 Å². The number of aromatic nitrogens is 1. The smallest absolute Gasteiger partial charge is 0.320 e. The topological polar surface area (TPSA) is 163 Å². The fourth-order valence-electron chi connectivity index (χ4n) is 4.49. The van der Waals surface area contributed by atoms with Crippen LogP contribution in [0.3, 0.4) is 0 Å². The number of nitrogens with one attached hydrogen (secondary N) is 1. The lowest BCUT2D eigenvalue weighted by atomic mass is 9.99. The second kappa shape index (κ2) is 12.4. The Morgan fingerprint density at radius 3 is 2.29 bits per heavy atom. The van der Waals surface area contributed by atoms with Gasteiger partial charge in [0.1, 0.15) is 12.1 Å². The molecule has 202 valence electrons. The lowest BCUT2D eigenvalue weighted by Crippen LogP contribution is -2.56. The molecule has 0 unspecified atom stereocenters. The maximum absolute atomic E-state index is 13.5. The number of hydrogen-bond acceptors (Lipinski definition) is 7. The minimum Gasteiger partial charge on any atom is -0.480 e. The van der Waals surface area contributed by atoms with Gasteiger partial charge in [-0.25, -0.2) is 0 Å². The summed E-state index contributed by atoms with van der Waals surface area (Å²) in [5.41, 5.74) is 6.84. The number of rotatable bonds is 13. The highest BCUT2D eigenvalue weighted by atomic mass is 16.4. The Morgan fingerprint density at radius 2 is 1.71 bits per heavy atom. The van der Waals surface area contributed by atoms with E-state index in [0.29, 0.717) is 6.42 Å². The third kappa shape index (κ3) is 6.60. The highest BCUT2D eigenvalue weighted by Gasteiger charge is 2.37. The van der Waals surface area contributed by atoms with Crippen molar-refractivity contribution in [2.45, 2.75) is 51.2 Å². The predicted octanol–water partition coefficient (Wildman–Crippen LogP) is 1.08. The van der Waals surface area contributed by atoms with Gasteiger partial charge >= 0.3 is 5.97 Å². The Hall–Kier alpha value is -4.12. The summed E-state index contributed by atoms with van der Waals surface area (Å²) in [6, 6.07) is 7.47. The van der Waals surface area contributed by atoms with Crippen molar-refractivity contribution in [3.63, 3.8) is 0 Å². The van der Waals surface area contributed by atoms with Crippen LogP contribution >= 0.6 is 0 Å². The molecule has 0 fully saturated rings. The first-order valence-corrected chi connectivity index (χ1v) is 12.4. The van der Waals surface area contributed by atoms with Gasteiger partial charge < -0.3 is 15.7 Å². The predicted molar refractivity (Wildman–Crippen MR) is 138 cm³/mol. The summed E-state index contributed by atoms with van der Waals surface area (Å²) >= 11 is 0. The Kier molecular flexibility index (Phi) is 9.30. The summed E-state index contributed by atoms with van der Waals surface area (Å²) in [5.74, 6) is -3.43. The van der Waals surface area contributed by atoms with Crippen LogP contribution in [-0.4, -0.2) is 81.2 Å². The van der Waals surface area contributed by atoms with E-state index in [1.54, 1.807) is 0 Å². The Bertz CT molecular complexity index is 1170. The number of fused-ring (bicyclic) bond motifs is 1. The molecule has 1 aliphatic heterocycles. The molecule has 0 bridgehead atoms. The molecule has 2 aromatic rings. The molecule has 1 aliphatic rings. The van der Waals surface area contributed by atoms with Crippen LogP contribution in [0.5, 0.6) is 0 Å². The number of carbonyl (C=O) groups excluding carboxylic acids is 4. The number of carboxylic acid groups (broad SMARTS) is 1. The quantitative estimate of drug-likeness (QED) is 0.328. The molecule has 2 heterocycles. The summed E-state index contributed by atoms with van der Waals surface area (Å²) < 4.78 is 0. The van der Waals surface area contributed by atoms with Crippen molar-refractivity contribution in [2.75, 3.05) is 13.6 Å². The number of nitrogens with zero attached hydrogens (tertiary/aromatic N) is 3. The van der Waals surface area contributed by atoms with Crippen LogP contribution in [0, 0.1) is 5.92 Å². The van der Waals surface area contributed by atoms with Crippen LogP contribution in [0.4, 0.5) is 0 Å². The lowest BCUT2D eigenvalue weighted by molar-refractivity contribution is -0.143. The molecule has 0 saturated heterocycles. The highest BCUT2D eigenvalue weighted by molar-refractivity contribution is 6.21. The van der Waals surface area contributed by atoms with E-state index in [4.69, 9.17) is 5.73 Å². The number of likely N-dealkylation sites (N-methyl/N-ethyl adjacent to an activating group) is 1. The highest BCUT2D eigenvalue weighted by Crippen LogP contribution is 2.22. The summed E-state index contributed by atoms with van der Waals surface area (Å²) in [7, 11) is 1.47. The second-order valence-corrected chi connectivity index (χ2v) is 9.77. The number of pyridine rings is 1. The monoisotopic (exact) mass is 523 g/mol. The van der Waals surface area contributed by atoms with E-state index in [-0.39, 0.29) is 36.4 Å². The van der Waals surface area contributed by atoms with E-state index in [2.05, 4.69) is 10.3 Å². The molecule has 3 rings (SSSR count). The van der Waals surface area contributed by atoms with Crippen molar-refractivity contribution in [3.05, 3.63) is 65.5 Å². The van der Waals surface area contributed by atoms with Crippen LogP contribution in [0.2, 0.25) is 0 Å². The van der Waals surface area contributed by atoms with Gasteiger partial charge in [0, 0.05) is 32.4 Å². The summed E-state index contributed by atoms with van der Waals surface area (Å²) in [4.78, 5) is 69.3. The van der Waals surface area contributed by atoms with Crippen LogP contribution in [0.15, 0.2) is 48.8 Å². The number of primary amides is 1. The van der Waals surface area contributed by atoms with E-state index in [1.165, 1.54) is 30.4 Å². The molecule has 11 heteroatoms. The zero-order chi connectivity index (χ0) is 28.0. The molecule has 0 radical (unpaired) electrons. The second-order valence-electron chi connectivity index (χ2n) is 9.77. The number of hydrogen-bond donors (Lipinski definition) is 3. The van der Waals surface area contributed by atoms with Gasteiger partial charge in [0.05, 0.1) is 17.2 Å². The standard InChI is InChI=1S/C27H33N5O6/c1-16(2)13-21(26(36)31(3)22(23(28)33)14-17-7-5-4-6-8-17)30-20(27(37)38)10-12-32-24(34)18-9-11-29-15-19(18)25(32)35/h4-9,11,15-16,20-22,30H,10,12-14H2,1-3H3,(H2,28,33)(H,37,38)/t20-,21+,22+/m1/s1. The van der Waals surface area contributed by atoms with E-state index in [0.717, 1.165) is 10.5 Å². The van der Waals surface area contributed by atoms with Crippen LogP contribution in [-0.2, 0) is 20.8 Å². The number of amides is 4. The SMILES string of the molecule is CC(C)C[C@H](N[C@H](CCN1C(=O)c2ccncc2C1=O)C(=O)O)C(=O)N(C)[C@@H](Cc1ccccc1)C(N)=O. The third-order valence-corrected chi connectivity index (χ3v) is 6.53. The first-order chi connectivity index (χ1) is 18.0. The van der Waals surface area contributed by atoms with Gasteiger partial charge in [-0.05, 0) is 30.4 Å². The molecule has 0 saturated carbocycles. The number of imide groups is 1. The molecule has 0 aliphatic carbocycles. The summed E-state index contributed by atoms with van der Waals surface area (Å²) in [6.07, 6.45) is 3.10. The number of carbonyl (C=O) groups is 5. The average Bonchev–Trinajstić information content (AvgIpc) is 3.13. The van der Waals surface area contributed by atoms with Crippen LogP contribution < -0.4 is 11.1 Å². The molecular weight excluding hydrogens is 490 g/mol. The van der Waals surface area contributed by atoms with Crippen LogP contribution in [0.25, 0.3) is 0 Å². The number of nitrogens with two attached hydrogens (primary N) is 1. The van der Waals surface area contributed by atoms with E-state index in [9.17, 15) is 29.1 Å². The van der Waals surface area contributed by atoms with E-state index >= 15 is 0 Å². The Balaban J connectivity index is 1.74. The number of benzene rings is 1. The van der Waals surface area contributed by atoms with Gasteiger partial charge in [-0.1, -0.05) is 44.2 Å². The van der Waals surface area contributed by atoms with Gasteiger partial charge in [-0.3, -0.25) is 39.2 Å². The molecule has 3 atom stereocenters. The van der Waals surface area contributed by atoms with E-state index < -0.39 is 47.7 Å². The molecule has 0 spiro atoms. The van der Waals surface area contributed by atoms with Crippen molar-refractivity contribution >= 4 is 29.6 Å². The van der Waals surface area contributed by atoms with Gasteiger partial charge in [0.15, 0.2) is 0 Å². The fourth-order valence-corrected chi connectivity index (χ4v) is 4.49. The molecule has 11 nitrogen and oxygen atoms in total. The zero-order valence-electron chi connectivity index (χ0n) is 21.7. The minimum absolute atomic E-state index is 0.0178. The fraction of sp³-hybridized carbons (Fsp3) is 0.407. The number of carboxylic acids is 1. The van der Waals surface area contributed by atoms with Gasteiger partial charge in [0.25, 0.3) is 11.8 Å². The maximum Gasteiger partial charge on any atom is 0.320 e. The molecular formula is C27H33N5O6. The molecule has 38 heavy (non-hydrogen) atoms. The first kappa shape index (κ1) is 28.5. The first-order valence-electron chi connectivity index (χ1n) is 12.4. The van der Waals surface area contributed by atoms with Crippen molar-refractivity contribution in [3.8, 4) is 0 Å². The normalized spacial score (nSPS) is 15.2. The van der Waals surface area contributed by atoms with Gasteiger partial charge in [-0.2, -0.15) is 0 Å². The van der Waals surface area contributed by atoms with Gasteiger partial charge in [-0.15, -0.1) is 0 Å². The van der Waals surface area contributed by atoms with Crippen LogP contribution in [0.1, 0.15) is 53.0 Å². The summed E-state index contributed by atoms with van der Waals surface area (Å²) in [6.45, 7) is 3.62. The number of aliphatic carboxylic acids is 1. The van der Waals surface area contributed by atoms with Crippen molar-refractivity contribution in [1.29, 1.82) is 0 Å². The van der Waals surface area contributed by atoms with Crippen molar-refractivity contribution < 1.29 is 29.1 Å².